The molecule has 0 aliphatic rings. The van der Waals surface area contributed by atoms with Crippen LogP contribution in [0, 0.1) is 0 Å². The average Bonchev–Trinajstić information content (AvgIpc) is 2.44. The maximum Gasteiger partial charge on any atom is 0.319 e. The molecule has 2 amide bonds. The third kappa shape index (κ3) is 4.81. The van der Waals surface area contributed by atoms with Crippen molar-refractivity contribution in [1.29, 1.82) is 0 Å². The summed E-state index contributed by atoms with van der Waals surface area (Å²) >= 11 is 17.8. The number of hydrogen-bond acceptors (Lipinski definition) is 1. The SMILES string of the molecule is O=C(NCCc1ccccc1Cl)Nc1ccc(Cl)cc1Cl. The first kappa shape index (κ1) is 16.0. The highest BCUT2D eigenvalue weighted by Crippen LogP contribution is 2.25. The van der Waals surface area contributed by atoms with Gasteiger partial charge in [0.2, 0.25) is 0 Å². The van der Waals surface area contributed by atoms with Gasteiger partial charge in [0.15, 0.2) is 0 Å². The molecule has 0 aromatic heterocycles. The van der Waals surface area contributed by atoms with Crippen molar-refractivity contribution < 1.29 is 4.79 Å². The third-order valence-corrected chi connectivity index (χ3v) is 3.73. The van der Waals surface area contributed by atoms with Crippen LogP contribution in [0.4, 0.5) is 10.5 Å². The Bertz CT molecular complexity index is 647. The number of benzene rings is 2. The Morgan fingerprint density at radius 2 is 1.76 bits per heavy atom. The van der Waals surface area contributed by atoms with Gasteiger partial charge in [-0.3, -0.25) is 0 Å². The summed E-state index contributed by atoms with van der Waals surface area (Å²) < 4.78 is 0. The zero-order valence-electron chi connectivity index (χ0n) is 11.0. The molecule has 110 valence electrons. The highest BCUT2D eigenvalue weighted by molar-refractivity contribution is 6.36. The molecule has 2 aromatic carbocycles. The van der Waals surface area contributed by atoms with Crippen LogP contribution in [0.2, 0.25) is 15.1 Å². The minimum Gasteiger partial charge on any atom is -0.338 e. The predicted molar refractivity (Wildman–Crippen MR) is 88.6 cm³/mol. The van der Waals surface area contributed by atoms with Crippen LogP contribution in [0.15, 0.2) is 42.5 Å². The molecule has 0 unspecified atom stereocenters. The van der Waals surface area contributed by atoms with Gasteiger partial charge in [0.25, 0.3) is 0 Å². The lowest BCUT2D eigenvalue weighted by Gasteiger charge is -2.09. The number of carbonyl (C=O) groups is 1. The fourth-order valence-corrected chi connectivity index (χ4v) is 2.46. The molecule has 2 N–H and O–H groups in total. The van der Waals surface area contributed by atoms with E-state index < -0.39 is 0 Å². The third-order valence-electron chi connectivity index (χ3n) is 2.82. The van der Waals surface area contributed by atoms with Crippen molar-refractivity contribution in [2.24, 2.45) is 0 Å². The van der Waals surface area contributed by atoms with Crippen LogP contribution >= 0.6 is 34.8 Å². The number of carbonyl (C=O) groups excluding carboxylic acids is 1. The van der Waals surface area contributed by atoms with E-state index in [0.717, 1.165) is 5.56 Å². The zero-order valence-corrected chi connectivity index (χ0v) is 13.3. The van der Waals surface area contributed by atoms with Crippen LogP contribution in [0.1, 0.15) is 5.56 Å². The van der Waals surface area contributed by atoms with E-state index in [2.05, 4.69) is 10.6 Å². The topological polar surface area (TPSA) is 41.1 Å². The lowest BCUT2D eigenvalue weighted by Crippen LogP contribution is -2.30. The van der Waals surface area contributed by atoms with Crippen LogP contribution < -0.4 is 10.6 Å². The fraction of sp³-hybridized carbons (Fsp3) is 0.133. The molecule has 0 saturated carbocycles. The number of nitrogens with one attached hydrogen (secondary N) is 2. The van der Waals surface area contributed by atoms with Gasteiger partial charge in [-0.2, -0.15) is 0 Å². The summed E-state index contributed by atoms with van der Waals surface area (Å²) in [7, 11) is 0. The average molecular weight is 344 g/mol. The monoisotopic (exact) mass is 342 g/mol. The maximum atomic E-state index is 11.8. The van der Waals surface area contributed by atoms with Crippen LogP contribution in [0.25, 0.3) is 0 Å². The van der Waals surface area contributed by atoms with Crippen LogP contribution in [0.5, 0.6) is 0 Å². The molecule has 0 aliphatic heterocycles. The van der Waals surface area contributed by atoms with E-state index in [9.17, 15) is 4.79 Å². The molecule has 0 bridgehead atoms. The second kappa shape index (κ2) is 7.55. The van der Waals surface area contributed by atoms with Gasteiger partial charge >= 0.3 is 6.03 Å². The number of rotatable bonds is 4. The smallest absolute Gasteiger partial charge is 0.319 e. The molecule has 0 aliphatic carbocycles. The Morgan fingerprint density at radius 3 is 2.48 bits per heavy atom. The van der Waals surface area contributed by atoms with E-state index in [1.807, 2.05) is 24.3 Å². The zero-order chi connectivity index (χ0) is 15.2. The number of amides is 2. The van der Waals surface area contributed by atoms with Crippen molar-refractivity contribution in [3.05, 3.63) is 63.1 Å². The summed E-state index contributed by atoms with van der Waals surface area (Å²) in [6, 6.07) is 12.1. The molecular formula is C15H13Cl3N2O. The minimum absolute atomic E-state index is 0.328. The molecule has 2 rings (SSSR count). The molecule has 21 heavy (non-hydrogen) atoms. The first-order chi connectivity index (χ1) is 10.1. The highest BCUT2D eigenvalue weighted by Gasteiger charge is 2.06. The van der Waals surface area contributed by atoms with E-state index in [1.54, 1.807) is 18.2 Å². The van der Waals surface area contributed by atoms with Gasteiger partial charge in [-0.15, -0.1) is 0 Å². The van der Waals surface area contributed by atoms with E-state index in [1.165, 1.54) is 0 Å². The van der Waals surface area contributed by atoms with Gasteiger partial charge in [-0.25, -0.2) is 4.79 Å². The molecule has 0 heterocycles. The van der Waals surface area contributed by atoms with Crippen LogP contribution in [0.3, 0.4) is 0 Å². The fourth-order valence-electron chi connectivity index (χ4n) is 1.77. The summed E-state index contributed by atoms with van der Waals surface area (Å²) in [5, 5.41) is 7.02. The minimum atomic E-state index is -0.328. The number of urea groups is 1. The lowest BCUT2D eigenvalue weighted by atomic mass is 10.1. The van der Waals surface area contributed by atoms with Gasteiger partial charge < -0.3 is 10.6 Å². The maximum absolute atomic E-state index is 11.8. The van der Waals surface area contributed by atoms with Crippen molar-refractivity contribution in [3.63, 3.8) is 0 Å². The Hall–Kier alpha value is -1.42. The van der Waals surface area contributed by atoms with Crippen molar-refractivity contribution in [1.82, 2.24) is 5.32 Å². The summed E-state index contributed by atoms with van der Waals surface area (Å²) in [4.78, 5) is 11.8. The summed E-state index contributed by atoms with van der Waals surface area (Å²) in [6.07, 6.45) is 0.654. The van der Waals surface area contributed by atoms with Gasteiger partial charge in [-0.05, 0) is 36.2 Å². The van der Waals surface area contributed by atoms with Gasteiger partial charge in [-0.1, -0.05) is 53.0 Å². The molecule has 6 heteroatoms. The van der Waals surface area contributed by atoms with Gasteiger partial charge in [0, 0.05) is 16.6 Å². The van der Waals surface area contributed by atoms with E-state index >= 15 is 0 Å². The van der Waals surface area contributed by atoms with Crippen LogP contribution in [-0.4, -0.2) is 12.6 Å². The molecule has 0 saturated heterocycles. The summed E-state index contributed by atoms with van der Waals surface area (Å²) in [5.41, 5.74) is 1.50. The van der Waals surface area contributed by atoms with Crippen LogP contribution in [-0.2, 0) is 6.42 Å². The standard InChI is InChI=1S/C15H13Cl3N2O/c16-11-5-6-14(13(18)9-11)20-15(21)19-8-7-10-3-1-2-4-12(10)17/h1-6,9H,7-8H2,(H2,19,20,21). The molecule has 0 fully saturated rings. The Kier molecular flexibility index (Phi) is 5.74. The molecule has 0 spiro atoms. The molecular weight excluding hydrogens is 331 g/mol. The number of anilines is 1. The number of hydrogen-bond donors (Lipinski definition) is 2. The predicted octanol–water partition coefficient (Wildman–Crippen LogP) is 5.01. The largest absolute Gasteiger partial charge is 0.338 e. The van der Waals surface area contributed by atoms with Crippen molar-refractivity contribution in [3.8, 4) is 0 Å². The Labute approximate surface area is 138 Å². The Balaban J connectivity index is 1.84. The second-order valence-corrected chi connectivity index (χ2v) is 5.60. The molecule has 0 atom stereocenters. The van der Waals surface area contributed by atoms with E-state index in [0.29, 0.717) is 33.7 Å². The molecule has 2 aromatic rings. The summed E-state index contributed by atoms with van der Waals surface area (Å²) in [5.74, 6) is 0. The number of halogens is 3. The second-order valence-electron chi connectivity index (χ2n) is 4.35. The summed E-state index contributed by atoms with van der Waals surface area (Å²) in [6.45, 7) is 0.473. The quantitative estimate of drug-likeness (QED) is 0.805. The van der Waals surface area contributed by atoms with E-state index in [4.69, 9.17) is 34.8 Å². The highest BCUT2D eigenvalue weighted by atomic mass is 35.5. The first-order valence-electron chi connectivity index (χ1n) is 6.29. The van der Waals surface area contributed by atoms with Crippen molar-refractivity contribution >= 4 is 46.5 Å². The molecule has 0 radical (unpaired) electrons. The van der Waals surface area contributed by atoms with E-state index in [-0.39, 0.29) is 6.03 Å². The first-order valence-corrected chi connectivity index (χ1v) is 7.43. The van der Waals surface area contributed by atoms with Gasteiger partial charge in [0.1, 0.15) is 0 Å². The van der Waals surface area contributed by atoms with Crippen molar-refractivity contribution in [2.75, 3.05) is 11.9 Å². The Morgan fingerprint density at radius 1 is 1.00 bits per heavy atom. The normalized spacial score (nSPS) is 10.2. The van der Waals surface area contributed by atoms with Gasteiger partial charge in [0.05, 0.1) is 10.7 Å². The van der Waals surface area contributed by atoms with Crippen molar-refractivity contribution in [2.45, 2.75) is 6.42 Å². The lowest BCUT2D eigenvalue weighted by molar-refractivity contribution is 0.252. The molecule has 3 nitrogen and oxygen atoms in total.